The average Bonchev–Trinajstić information content (AvgIpc) is 2.60. The van der Waals surface area contributed by atoms with Crippen molar-refractivity contribution >= 4 is 11.8 Å². The van der Waals surface area contributed by atoms with E-state index in [9.17, 15) is 9.59 Å². The van der Waals surface area contributed by atoms with Gasteiger partial charge in [-0.1, -0.05) is 13.8 Å². The predicted octanol–water partition coefficient (Wildman–Crippen LogP) is 1.55. The first-order valence-electron chi connectivity index (χ1n) is 4.65. The monoisotopic (exact) mass is 184 g/mol. The van der Waals surface area contributed by atoms with Crippen LogP contribution in [0.4, 0.5) is 0 Å². The third kappa shape index (κ3) is 2.54. The number of Topliss-reactive ketones (excluding diaryl/α,β-unsaturated/α-hetero) is 1. The SMILES string of the molecule is CCOC(=O)CC(=O)C1CC1(C)C. The van der Waals surface area contributed by atoms with Crippen LogP contribution in [0, 0.1) is 11.3 Å². The van der Waals surface area contributed by atoms with Crippen molar-refractivity contribution in [2.45, 2.75) is 33.6 Å². The first-order valence-corrected chi connectivity index (χ1v) is 4.65. The highest BCUT2D eigenvalue weighted by Crippen LogP contribution is 2.52. The molecule has 1 fully saturated rings. The van der Waals surface area contributed by atoms with Gasteiger partial charge < -0.3 is 4.74 Å². The van der Waals surface area contributed by atoms with Crippen molar-refractivity contribution in [3.8, 4) is 0 Å². The van der Waals surface area contributed by atoms with E-state index >= 15 is 0 Å². The summed E-state index contributed by atoms with van der Waals surface area (Å²) in [5.41, 5.74) is 0.115. The largest absolute Gasteiger partial charge is 0.466 e. The van der Waals surface area contributed by atoms with Gasteiger partial charge in [-0.05, 0) is 18.8 Å². The molecule has 0 radical (unpaired) electrons. The molecule has 0 saturated heterocycles. The smallest absolute Gasteiger partial charge is 0.313 e. The quantitative estimate of drug-likeness (QED) is 0.492. The topological polar surface area (TPSA) is 43.4 Å². The van der Waals surface area contributed by atoms with Crippen molar-refractivity contribution in [2.24, 2.45) is 11.3 Å². The first kappa shape index (κ1) is 10.2. The molecular weight excluding hydrogens is 168 g/mol. The number of hydrogen-bond donors (Lipinski definition) is 0. The third-order valence-electron chi connectivity index (χ3n) is 2.53. The van der Waals surface area contributed by atoms with Crippen molar-refractivity contribution in [1.82, 2.24) is 0 Å². The molecule has 1 unspecified atom stereocenters. The summed E-state index contributed by atoms with van der Waals surface area (Å²) in [6.45, 7) is 6.17. The summed E-state index contributed by atoms with van der Waals surface area (Å²) < 4.78 is 4.70. The van der Waals surface area contributed by atoms with Crippen LogP contribution in [0.15, 0.2) is 0 Å². The minimum absolute atomic E-state index is 0.0310. The van der Waals surface area contributed by atoms with Gasteiger partial charge in [0.15, 0.2) is 0 Å². The van der Waals surface area contributed by atoms with Crippen molar-refractivity contribution < 1.29 is 14.3 Å². The van der Waals surface area contributed by atoms with Crippen LogP contribution in [0.3, 0.4) is 0 Å². The van der Waals surface area contributed by atoms with E-state index in [-0.39, 0.29) is 23.5 Å². The zero-order chi connectivity index (χ0) is 10.1. The number of hydrogen-bond acceptors (Lipinski definition) is 3. The second-order valence-electron chi connectivity index (χ2n) is 4.19. The molecule has 0 amide bonds. The molecule has 0 aromatic rings. The van der Waals surface area contributed by atoms with E-state index in [0.29, 0.717) is 6.61 Å². The molecule has 0 aromatic carbocycles. The van der Waals surface area contributed by atoms with Gasteiger partial charge in [0.05, 0.1) is 6.61 Å². The number of carbonyl (C=O) groups is 2. The van der Waals surface area contributed by atoms with E-state index < -0.39 is 5.97 Å². The molecule has 13 heavy (non-hydrogen) atoms. The molecule has 1 aliphatic carbocycles. The van der Waals surface area contributed by atoms with Crippen LogP contribution in [0.25, 0.3) is 0 Å². The zero-order valence-corrected chi connectivity index (χ0v) is 8.42. The fraction of sp³-hybridized carbons (Fsp3) is 0.800. The van der Waals surface area contributed by atoms with Crippen molar-refractivity contribution in [1.29, 1.82) is 0 Å². The lowest BCUT2D eigenvalue weighted by molar-refractivity contribution is -0.145. The first-order chi connectivity index (χ1) is 5.97. The lowest BCUT2D eigenvalue weighted by Gasteiger charge is -2.02. The van der Waals surface area contributed by atoms with Crippen LogP contribution in [0.5, 0.6) is 0 Å². The summed E-state index contributed by atoms with van der Waals surface area (Å²) in [6.07, 6.45) is 0.854. The van der Waals surface area contributed by atoms with Crippen LogP contribution in [-0.2, 0) is 14.3 Å². The van der Waals surface area contributed by atoms with Gasteiger partial charge in [-0.25, -0.2) is 0 Å². The van der Waals surface area contributed by atoms with Gasteiger partial charge in [-0.15, -0.1) is 0 Å². The molecule has 0 aliphatic heterocycles. The number of ketones is 1. The summed E-state index contributed by atoms with van der Waals surface area (Å²) >= 11 is 0. The standard InChI is InChI=1S/C10H16O3/c1-4-13-9(12)5-8(11)7-6-10(7,2)3/h7H,4-6H2,1-3H3. The van der Waals surface area contributed by atoms with Gasteiger partial charge in [-0.2, -0.15) is 0 Å². The van der Waals surface area contributed by atoms with E-state index in [0.717, 1.165) is 6.42 Å². The Labute approximate surface area is 78.5 Å². The summed E-state index contributed by atoms with van der Waals surface area (Å²) in [5.74, 6) is -0.282. The van der Waals surface area contributed by atoms with Gasteiger partial charge in [0.2, 0.25) is 0 Å². The summed E-state index contributed by atoms with van der Waals surface area (Å²) in [7, 11) is 0. The molecule has 0 N–H and O–H groups in total. The van der Waals surface area contributed by atoms with E-state index in [1.54, 1.807) is 6.92 Å². The molecular formula is C10H16O3. The maximum atomic E-state index is 11.4. The van der Waals surface area contributed by atoms with E-state index in [1.165, 1.54) is 0 Å². The fourth-order valence-electron chi connectivity index (χ4n) is 1.49. The maximum Gasteiger partial charge on any atom is 0.313 e. The number of carbonyl (C=O) groups excluding carboxylic acids is 2. The summed E-state index contributed by atoms with van der Waals surface area (Å²) in [4.78, 5) is 22.4. The molecule has 1 saturated carbocycles. The average molecular weight is 184 g/mol. The maximum absolute atomic E-state index is 11.4. The number of esters is 1. The lowest BCUT2D eigenvalue weighted by Crippen LogP contribution is -2.14. The van der Waals surface area contributed by atoms with E-state index in [1.807, 2.05) is 13.8 Å². The van der Waals surface area contributed by atoms with Crippen LogP contribution in [-0.4, -0.2) is 18.4 Å². The van der Waals surface area contributed by atoms with Gasteiger partial charge in [0.25, 0.3) is 0 Å². The van der Waals surface area contributed by atoms with Crippen LogP contribution in [0.2, 0.25) is 0 Å². The molecule has 3 heteroatoms. The molecule has 0 aromatic heterocycles. The Kier molecular flexibility index (Phi) is 2.74. The van der Waals surface area contributed by atoms with Crippen molar-refractivity contribution in [3.63, 3.8) is 0 Å². The van der Waals surface area contributed by atoms with Gasteiger partial charge >= 0.3 is 5.97 Å². The molecule has 1 atom stereocenters. The Balaban J connectivity index is 2.31. The van der Waals surface area contributed by atoms with Gasteiger partial charge in [0.1, 0.15) is 12.2 Å². The molecule has 1 aliphatic rings. The normalized spacial score (nSPS) is 23.8. The van der Waals surface area contributed by atoms with E-state index in [4.69, 9.17) is 4.74 Å². The second-order valence-corrected chi connectivity index (χ2v) is 4.19. The highest BCUT2D eigenvalue weighted by atomic mass is 16.5. The highest BCUT2D eigenvalue weighted by molar-refractivity contribution is 5.98. The highest BCUT2D eigenvalue weighted by Gasteiger charge is 2.50. The van der Waals surface area contributed by atoms with Crippen molar-refractivity contribution in [3.05, 3.63) is 0 Å². The zero-order valence-electron chi connectivity index (χ0n) is 8.42. The summed E-state index contributed by atoms with van der Waals surface area (Å²) in [5, 5.41) is 0. The van der Waals surface area contributed by atoms with E-state index in [2.05, 4.69) is 0 Å². The minimum atomic E-state index is -0.393. The van der Waals surface area contributed by atoms with Crippen LogP contribution < -0.4 is 0 Å². The Morgan fingerprint density at radius 2 is 2.00 bits per heavy atom. The molecule has 0 bridgehead atoms. The molecule has 3 nitrogen and oxygen atoms in total. The molecule has 0 spiro atoms. The van der Waals surface area contributed by atoms with Crippen LogP contribution >= 0.6 is 0 Å². The third-order valence-corrected chi connectivity index (χ3v) is 2.53. The van der Waals surface area contributed by atoms with Gasteiger partial charge in [0, 0.05) is 5.92 Å². The summed E-state index contributed by atoms with van der Waals surface area (Å²) in [6, 6.07) is 0. The fourth-order valence-corrected chi connectivity index (χ4v) is 1.49. The predicted molar refractivity (Wildman–Crippen MR) is 48.1 cm³/mol. The molecule has 1 rings (SSSR count). The minimum Gasteiger partial charge on any atom is -0.466 e. The Hall–Kier alpha value is -0.860. The number of ether oxygens (including phenoxy) is 1. The van der Waals surface area contributed by atoms with Crippen molar-refractivity contribution in [2.75, 3.05) is 6.61 Å². The molecule has 74 valence electrons. The lowest BCUT2D eigenvalue weighted by atomic mass is 10.1. The Morgan fingerprint density at radius 3 is 2.38 bits per heavy atom. The molecule has 0 heterocycles. The van der Waals surface area contributed by atoms with Crippen LogP contribution in [0.1, 0.15) is 33.6 Å². The van der Waals surface area contributed by atoms with Gasteiger partial charge in [-0.3, -0.25) is 9.59 Å². The second kappa shape index (κ2) is 3.48. The number of rotatable bonds is 4. The Bertz CT molecular complexity index is 230. The Morgan fingerprint density at radius 1 is 1.46 bits per heavy atom.